The van der Waals surface area contributed by atoms with Crippen LogP contribution in [0.1, 0.15) is 56.2 Å². The Kier molecular flexibility index (Phi) is 4.08. The van der Waals surface area contributed by atoms with Gasteiger partial charge in [0.2, 0.25) is 5.69 Å². The van der Waals surface area contributed by atoms with Gasteiger partial charge >= 0.3 is 0 Å². The van der Waals surface area contributed by atoms with Gasteiger partial charge in [0, 0.05) is 10.3 Å². The summed E-state index contributed by atoms with van der Waals surface area (Å²) in [5.41, 5.74) is 7.06. The van der Waals surface area contributed by atoms with E-state index in [1.807, 2.05) is 11.3 Å². The average molecular weight is 413 g/mol. The van der Waals surface area contributed by atoms with Crippen LogP contribution in [-0.4, -0.2) is 17.3 Å². The van der Waals surface area contributed by atoms with Gasteiger partial charge in [-0.15, -0.1) is 11.3 Å². The molecule has 0 unspecified atom stereocenters. The number of thiophene rings is 1. The van der Waals surface area contributed by atoms with Gasteiger partial charge in [-0.3, -0.25) is 0 Å². The van der Waals surface area contributed by atoms with E-state index in [-0.39, 0.29) is 10.8 Å². The summed E-state index contributed by atoms with van der Waals surface area (Å²) in [6.45, 7) is 14.1. The van der Waals surface area contributed by atoms with Crippen molar-refractivity contribution in [2.75, 3.05) is 7.05 Å². The van der Waals surface area contributed by atoms with E-state index >= 15 is 0 Å². The van der Waals surface area contributed by atoms with Crippen molar-refractivity contribution in [2.45, 2.75) is 52.4 Å². The fraction of sp³-hybridized carbons (Fsp3) is 0.321. The lowest BCUT2D eigenvalue weighted by Crippen LogP contribution is -2.30. The molecule has 5 rings (SSSR count). The Morgan fingerprint density at radius 2 is 1.47 bits per heavy atom. The maximum Gasteiger partial charge on any atom is 0.228 e. The Balaban J connectivity index is 1.88. The highest BCUT2D eigenvalue weighted by molar-refractivity contribution is 7.20. The zero-order valence-electron chi connectivity index (χ0n) is 19.1. The van der Waals surface area contributed by atoms with E-state index in [9.17, 15) is 0 Å². The van der Waals surface area contributed by atoms with Crippen LogP contribution in [0.25, 0.3) is 20.9 Å². The van der Waals surface area contributed by atoms with Crippen LogP contribution in [0.2, 0.25) is 0 Å². The monoisotopic (exact) mass is 412 g/mol. The summed E-state index contributed by atoms with van der Waals surface area (Å²) in [4.78, 5) is 1.48. The molecule has 0 fully saturated rings. The van der Waals surface area contributed by atoms with Crippen molar-refractivity contribution < 1.29 is 4.58 Å². The van der Waals surface area contributed by atoms with Gasteiger partial charge in [0.05, 0.1) is 15.7 Å². The Labute approximate surface area is 183 Å². The van der Waals surface area contributed by atoms with E-state index in [2.05, 4.69) is 108 Å². The fourth-order valence-corrected chi connectivity index (χ4v) is 6.67. The maximum absolute atomic E-state index is 2.48. The first kappa shape index (κ1) is 19.5. The van der Waals surface area contributed by atoms with Gasteiger partial charge in [-0.2, -0.15) is 4.58 Å². The van der Waals surface area contributed by atoms with Crippen molar-refractivity contribution in [1.82, 2.24) is 0 Å². The van der Waals surface area contributed by atoms with Crippen LogP contribution >= 0.6 is 11.3 Å². The molecule has 0 saturated carbocycles. The fourth-order valence-electron chi connectivity index (χ4n) is 5.33. The molecule has 1 nitrogen and oxygen atoms in total. The Morgan fingerprint density at radius 1 is 0.867 bits per heavy atom. The minimum Gasteiger partial charge on any atom is -0.196 e. The average Bonchev–Trinajstić information content (AvgIpc) is 3.17. The molecule has 30 heavy (non-hydrogen) atoms. The number of benzene rings is 3. The van der Waals surface area contributed by atoms with Gasteiger partial charge in [0.1, 0.15) is 7.05 Å². The van der Waals surface area contributed by atoms with Crippen LogP contribution < -0.4 is 0 Å². The van der Waals surface area contributed by atoms with E-state index in [0.29, 0.717) is 0 Å². The third-order valence-electron chi connectivity index (χ3n) is 6.78. The molecule has 1 aliphatic heterocycles. The molecule has 0 spiro atoms. The van der Waals surface area contributed by atoms with Gasteiger partial charge in [0.15, 0.2) is 5.71 Å². The van der Waals surface area contributed by atoms with Gasteiger partial charge in [-0.25, -0.2) is 0 Å². The Morgan fingerprint density at radius 3 is 2.13 bits per heavy atom. The summed E-state index contributed by atoms with van der Waals surface area (Å²) in [5.74, 6) is 0. The summed E-state index contributed by atoms with van der Waals surface area (Å²) < 4.78 is 3.85. The van der Waals surface area contributed by atoms with E-state index < -0.39 is 0 Å². The minimum atomic E-state index is -0.0316. The zero-order chi connectivity index (χ0) is 21.4. The summed E-state index contributed by atoms with van der Waals surface area (Å²) in [5, 5.41) is 4.12. The Hall–Kier alpha value is -2.45. The summed E-state index contributed by atoms with van der Waals surface area (Å²) >= 11 is 1.95. The standard InChI is InChI=1S/C28H30NS/c1-17-18-12-8-9-13-19(18)22(27(2,3)4)16-21(17)25-28(5,6)26-24(29(25)7)20-14-10-11-15-23(20)30-26/h8-16H,1-7H3/q+1. The van der Waals surface area contributed by atoms with Gasteiger partial charge in [-0.05, 0) is 66.3 Å². The van der Waals surface area contributed by atoms with Crippen LogP contribution in [0.3, 0.4) is 0 Å². The molecular weight excluding hydrogens is 382 g/mol. The molecule has 1 aliphatic rings. The highest BCUT2D eigenvalue weighted by Gasteiger charge is 2.48. The maximum atomic E-state index is 2.48. The molecule has 0 N–H and O–H groups in total. The lowest BCUT2D eigenvalue weighted by atomic mass is 9.76. The first-order chi connectivity index (χ1) is 14.1. The minimum absolute atomic E-state index is 0.0316. The van der Waals surface area contributed by atoms with Gasteiger partial charge < -0.3 is 0 Å². The van der Waals surface area contributed by atoms with Crippen molar-refractivity contribution in [3.8, 4) is 0 Å². The normalized spacial score (nSPS) is 16.0. The van der Waals surface area contributed by atoms with Crippen molar-refractivity contribution in [2.24, 2.45) is 0 Å². The van der Waals surface area contributed by atoms with Gasteiger partial charge in [0.25, 0.3) is 0 Å². The predicted octanol–water partition coefficient (Wildman–Crippen LogP) is 7.71. The molecule has 0 radical (unpaired) electrons. The largest absolute Gasteiger partial charge is 0.228 e. The number of hydrogen-bond donors (Lipinski definition) is 0. The molecule has 152 valence electrons. The van der Waals surface area contributed by atoms with Crippen molar-refractivity contribution in [3.63, 3.8) is 0 Å². The number of fused-ring (bicyclic) bond motifs is 4. The number of rotatable bonds is 1. The van der Waals surface area contributed by atoms with Crippen LogP contribution in [-0.2, 0) is 10.8 Å². The second kappa shape index (κ2) is 6.28. The number of hydrogen-bond acceptors (Lipinski definition) is 1. The number of nitrogens with zero attached hydrogens (tertiary/aromatic N) is 1. The first-order valence-electron chi connectivity index (χ1n) is 10.8. The smallest absolute Gasteiger partial charge is 0.196 e. The van der Waals surface area contributed by atoms with Gasteiger partial charge in [-0.1, -0.05) is 57.2 Å². The predicted molar refractivity (Wildman–Crippen MR) is 132 cm³/mol. The van der Waals surface area contributed by atoms with Crippen molar-refractivity contribution in [1.29, 1.82) is 0 Å². The van der Waals surface area contributed by atoms with E-state index in [1.165, 1.54) is 53.8 Å². The van der Waals surface area contributed by atoms with E-state index in [0.717, 1.165) is 0 Å². The molecule has 2 heterocycles. The van der Waals surface area contributed by atoms with Crippen molar-refractivity contribution >= 4 is 43.6 Å². The highest BCUT2D eigenvalue weighted by atomic mass is 32.1. The first-order valence-corrected chi connectivity index (χ1v) is 11.6. The third-order valence-corrected chi connectivity index (χ3v) is 8.26. The molecule has 2 heteroatoms. The lowest BCUT2D eigenvalue weighted by Gasteiger charge is -2.25. The molecule has 0 bridgehead atoms. The summed E-state index contributed by atoms with van der Waals surface area (Å²) in [7, 11) is 2.26. The zero-order valence-corrected chi connectivity index (χ0v) is 19.9. The van der Waals surface area contributed by atoms with E-state index in [1.54, 1.807) is 0 Å². The second-order valence-electron chi connectivity index (χ2n) is 10.2. The van der Waals surface area contributed by atoms with Crippen LogP contribution in [0.5, 0.6) is 0 Å². The van der Waals surface area contributed by atoms with E-state index in [4.69, 9.17) is 0 Å². The molecule has 0 atom stereocenters. The number of aryl methyl sites for hydroxylation is 1. The lowest BCUT2D eigenvalue weighted by molar-refractivity contribution is -0.400. The second-order valence-corrected chi connectivity index (χ2v) is 11.3. The molecule has 1 aromatic heterocycles. The molecule has 3 aromatic carbocycles. The molecular formula is C28H30NS+. The van der Waals surface area contributed by atoms with Crippen LogP contribution in [0.4, 0.5) is 5.69 Å². The molecule has 0 amide bonds. The highest BCUT2D eigenvalue weighted by Crippen LogP contribution is 2.50. The van der Waals surface area contributed by atoms with Crippen LogP contribution in [0, 0.1) is 6.92 Å². The molecule has 4 aromatic rings. The van der Waals surface area contributed by atoms with Crippen molar-refractivity contribution in [3.05, 3.63) is 76.2 Å². The summed E-state index contributed by atoms with van der Waals surface area (Å²) in [6.07, 6.45) is 0. The quantitative estimate of drug-likeness (QED) is 0.282. The molecule has 0 aliphatic carbocycles. The molecule has 0 saturated heterocycles. The Bertz CT molecular complexity index is 1360. The summed E-state index contributed by atoms with van der Waals surface area (Å²) in [6, 6.07) is 20.2. The SMILES string of the molecule is Cc1c(C2=[N+](C)c3c(sc4ccccc34)C2(C)C)cc(C(C)(C)C)c2ccccc12. The third kappa shape index (κ3) is 2.56. The van der Waals surface area contributed by atoms with Crippen LogP contribution in [0.15, 0.2) is 54.6 Å². The topological polar surface area (TPSA) is 3.01 Å².